The smallest absolute Gasteiger partial charge is 1.00 e. The fourth-order valence-electron chi connectivity index (χ4n) is 1.24. The number of hydrogen-bond donors (Lipinski definition) is 0. The number of para-hydroxylation sites is 1. The third-order valence-electron chi connectivity index (χ3n) is 1.99. The van der Waals surface area contributed by atoms with E-state index >= 15 is 0 Å². The van der Waals surface area contributed by atoms with Crippen molar-refractivity contribution in [3.05, 3.63) is 66.0 Å². The Balaban J connectivity index is 0.00000128. The van der Waals surface area contributed by atoms with Gasteiger partial charge in [0, 0.05) is 0 Å². The molecule has 0 N–H and O–H groups in total. The molecule has 0 bridgehead atoms. The van der Waals surface area contributed by atoms with Crippen molar-refractivity contribution in [1.29, 1.82) is 0 Å². The van der Waals surface area contributed by atoms with E-state index in [4.69, 9.17) is 4.74 Å². The van der Waals surface area contributed by atoms with E-state index in [1.54, 1.807) is 24.3 Å². The number of benzene rings is 2. The second-order valence-corrected chi connectivity index (χ2v) is 3.11. The molecule has 2 aromatic carbocycles. The molecule has 0 atom stereocenters. The number of halogens is 2. The predicted octanol–water partition coefficient (Wildman–Crippen LogP) is -0.172. The van der Waals surface area contributed by atoms with Gasteiger partial charge in [-0.15, -0.1) is 5.56 Å². The quantitative estimate of drug-likeness (QED) is 0.565. The zero-order valence-corrected chi connectivity index (χ0v) is 12.2. The van der Waals surface area contributed by atoms with Gasteiger partial charge in [0.15, 0.2) is 11.6 Å². The van der Waals surface area contributed by atoms with Crippen molar-refractivity contribution in [2.75, 3.05) is 0 Å². The van der Waals surface area contributed by atoms with Crippen molar-refractivity contribution in [2.24, 2.45) is 0 Å². The summed E-state index contributed by atoms with van der Waals surface area (Å²) in [6.07, 6.45) is 0. The van der Waals surface area contributed by atoms with Crippen LogP contribution in [0.3, 0.4) is 0 Å². The molecule has 0 unspecified atom stereocenters. The van der Waals surface area contributed by atoms with Crippen LogP contribution in [0.2, 0.25) is 0 Å². The molecule has 0 saturated carbocycles. The second-order valence-electron chi connectivity index (χ2n) is 3.11. The molecule has 0 radical (unpaired) electrons. The summed E-state index contributed by atoms with van der Waals surface area (Å²) in [5.74, 6) is -0.0665. The minimum atomic E-state index is -0.339. The maximum absolute atomic E-state index is 13.2. The molecule has 0 amide bonds. The van der Waals surface area contributed by atoms with Crippen LogP contribution in [0.15, 0.2) is 48.5 Å². The van der Waals surface area contributed by atoms with Gasteiger partial charge < -0.3 is 21.7 Å². The van der Waals surface area contributed by atoms with Crippen LogP contribution in [0, 0.1) is 11.9 Å². The third kappa shape index (κ3) is 5.06. The van der Waals surface area contributed by atoms with E-state index < -0.39 is 0 Å². The number of rotatable bonds is 3. The second kappa shape index (κ2) is 8.50. The van der Waals surface area contributed by atoms with E-state index in [0.29, 0.717) is 6.61 Å². The Morgan fingerprint density at radius 2 is 1.76 bits per heavy atom. The SMILES string of the molecule is Fc1ccccc1OCc1[c-]cccc1.[Br-].[Mg+2]. The van der Waals surface area contributed by atoms with Gasteiger partial charge >= 0.3 is 23.1 Å². The summed E-state index contributed by atoms with van der Waals surface area (Å²) in [6, 6.07) is 16.9. The van der Waals surface area contributed by atoms with Crippen LogP contribution in [0.1, 0.15) is 5.56 Å². The first kappa shape index (κ1) is 16.4. The topological polar surface area (TPSA) is 9.23 Å². The van der Waals surface area contributed by atoms with E-state index in [1.165, 1.54) is 6.07 Å². The monoisotopic (exact) mass is 304 g/mol. The maximum Gasteiger partial charge on any atom is 2.00 e. The van der Waals surface area contributed by atoms with Crippen LogP contribution in [0.4, 0.5) is 4.39 Å². The van der Waals surface area contributed by atoms with E-state index in [1.807, 2.05) is 18.2 Å². The van der Waals surface area contributed by atoms with Crippen LogP contribution in [-0.4, -0.2) is 23.1 Å². The van der Waals surface area contributed by atoms with Gasteiger partial charge in [-0.25, -0.2) is 4.39 Å². The van der Waals surface area contributed by atoms with E-state index in [0.717, 1.165) is 5.56 Å². The Labute approximate surface area is 127 Å². The van der Waals surface area contributed by atoms with Gasteiger partial charge in [0.2, 0.25) is 0 Å². The van der Waals surface area contributed by atoms with Crippen molar-refractivity contribution in [2.45, 2.75) is 6.61 Å². The normalized spacial score (nSPS) is 8.76. The zero-order chi connectivity index (χ0) is 10.5. The first-order valence-corrected chi connectivity index (χ1v) is 4.69. The summed E-state index contributed by atoms with van der Waals surface area (Å²) in [5, 5.41) is 0. The molecule has 0 spiro atoms. The summed E-state index contributed by atoms with van der Waals surface area (Å²) < 4.78 is 18.5. The molecule has 1 nitrogen and oxygen atoms in total. The van der Waals surface area contributed by atoms with E-state index in [-0.39, 0.29) is 51.6 Å². The molecule has 2 rings (SSSR count). The largest absolute Gasteiger partial charge is 2.00 e. The van der Waals surface area contributed by atoms with Crippen molar-refractivity contribution in [1.82, 2.24) is 0 Å². The van der Waals surface area contributed by atoms with Gasteiger partial charge in [0.1, 0.15) is 0 Å². The number of hydrogen-bond acceptors (Lipinski definition) is 1. The molecule has 0 aliphatic heterocycles. The van der Waals surface area contributed by atoms with Gasteiger partial charge in [-0.3, -0.25) is 0 Å². The van der Waals surface area contributed by atoms with E-state index in [9.17, 15) is 4.39 Å². The van der Waals surface area contributed by atoms with Gasteiger partial charge in [0.25, 0.3) is 0 Å². The molecule has 0 aliphatic carbocycles. The Morgan fingerprint density at radius 1 is 1.06 bits per heavy atom. The Kier molecular flexibility index (Phi) is 8.21. The van der Waals surface area contributed by atoms with Crippen LogP contribution in [0.25, 0.3) is 0 Å². The summed E-state index contributed by atoms with van der Waals surface area (Å²) in [5.41, 5.74) is 0.903. The van der Waals surface area contributed by atoms with Gasteiger partial charge in [-0.2, -0.15) is 30.3 Å². The fourth-order valence-corrected chi connectivity index (χ4v) is 1.24. The molecule has 17 heavy (non-hydrogen) atoms. The van der Waals surface area contributed by atoms with Gasteiger partial charge in [-0.05, 0) is 12.1 Å². The van der Waals surface area contributed by atoms with Crippen LogP contribution in [0.5, 0.6) is 5.75 Å². The van der Waals surface area contributed by atoms with Crippen LogP contribution < -0.4 is 21.7 Å². The molecule has 0 saturated heterocycles. The summed E-state index contributed by atoms with van der Waals surface area (Å²) in [7, 11) is 0. The van der Waals surface area contributed by atoms with Crippen LogP contribution in [-0.2, 0) is 6.61 Å². The Bertz CT molecular complexity index is 436. The number of ether oxygens (including phenoxy) is 1. The molecule has 4 heteroatoms. The molecule has 0 heterocycles. The average molecular weight is 305 g/mol. The molecular formula is C13H10BrFMgO. The molecular weight excluding hydrogens is 295 g/mol. The Hall–Kier alpha value is -0.584. The standard InChI is InChI=1S/C13H10FO.BrH.Mg/c14-12-8-4-5-9-13(12)15-10-11-6-2-1-3-7-11;;/h1-6,8-9H,10H2;1H;/q-1;;+2/p-1. The van der Waals surface area contributed by atoms with Gasteiger partial charge in [0.05, 0.1) is 6.61 Å². The van der Waals surface area contributed by atoms with Crippen molar-refractivity contribution >= 4 is 23.1 Å². The van der Waals surface area contributed by atoms with Crippen molar-refractivity contribution < 1.29 is 26.1 Å². The first-order valence-electron chi connectivity index (χ1n) is 4.69. The minimum absolute atomic E-state index is 0. The summed E-state index contributed by atoms with van der Waals surface area (Å²) >= 11 is 0. The minimum Gasteiger partial charge on any atom is -1.00 e. The van der Waals surface area contributed by atoms with Gasteiger partial charge in [-0.1, -0.05) is 12.1 Å². The zero-order valence-electron chi connectivity index (χ0n) is 9.20. The molecule has 0 fully saturated rings. The predicted molar refractivity (Wildman–Crippen MR) is 61.8 cm³/mol. The maximum atomic E-state index is 13.2. The summed E-state index contributed by atoms with van der Waals surface area (Å²) in [6.45, 7) is 0.335. The molecule has 0 aliphatic rings. The van der Waals surface area contributed by atoms with Crippen LogP contribution >= 0.6 is 0 Å². The molecule has 2 aromatic rings. The molecule has 0 aromatic heterocycles. The fraction of sp³-hybridized carbons (Fsp3) is 0.0769. The average Bonchev–Trinajstić information content (AvgIpc) is 2.29. The third-order valence-corrected chi connectivity index (χ3v) is 1.99. The Morgan fingerprint density at radius 3 is 2.41 bits per heavy atom. The molecule has 84 valence electrons. The first-order chi connectivity index (χ1) is 7.36. The summed E-state index contributed by atoms with van der Waals surface area (Å²) in [4.78, 5) is 0. The van der Waals surface area contributed by atoms with E-state index in [2.05, 4.69) is 6.07 Å². The van der Waals surface area contributed by atoms with Crippen molar-refractivity contribution in [3.63, 3.8) is 0 Å². The van der Waals surface area contributed by atoms with Crippen molar-refractivity contribution in [3.8, 4) is 5.75 Å².